The van der Waals surface area contributed by atoms with Crippen LogP contribution in [0.1, 0.15) is 36.8 Å². The Morgan fingerprint density at radius 2 is 1.88 bits per heavy atom. The summed E-state index contributed by atoms with van der Waals surface area (Å²) in [5, 5.41) is 15.4. The quantitative estimate of drug-likeness (QED) is 0.667. The fourth-order valence-corrected chi connectivity index (χ4v) is 6.06. The van der Waals surface area contributed by atoms with E-state index in [0.717, 1.165) is 55.9 Å². The number of hydrogen-bond donors (Lipinski definition) is 2. The second-order valence-electron chi connectivity index (χ2n) is 10.0. The molecule has 0 bridgehead atoms. The van der Waals surface area contributed by atoms with Crippen molar-refractivity contribution in [2.45, 2.75) is 43.8 Å². The number of nitrogens with zero attached hydrogens (tertiary/aromatic N) is 2. The summed E-state index contributed by atoms with van der Waals surface area (Å²) < 4.78 is 5.48. The van der Waals surface area contributed by atoms with Gasteiger partial charge >= 0.3 is 6.09 Å². The zero-order valence-corrected chi connectivity index (χ0v) is 20.3. The minimum Gasteiger partial charge on any atom is -0.445 e. The number of fused-ring (bicyclic) bond motifs is 2. The van der Waals surface area contributed by atoms with Gasteiger partial charge in [0.15, 0.2) is 0 Å². The van der Waals surface area contributed by atoms with Crippen LogP contribution in [0.2, 0.25) is 5.02 Å². The third kappa shape index (κ3) is 4.90. The maximum absolute atomic E-state index is 12.5. The van der Waals surface area contributed by atoms with Crippen molar-refractivity contribution in [2.24, 2.45) is 5.92 Å². The maximum Gasteiger partial charge on any atom is 0.410 e. The Morgan fingerprint density at radius 1 is 1.15 bits per heavy atom. The molecule has 0 radical (unpaired) electrons. The predicted octanol–water partition coefficient (Wildman–Crippen LogP) is 4.19. The molecule has 1 atom stereocenters. The molecule has 7 heteroatoms. The highest BCUT2D eigenvalue weighted by molar-refractivity contribution is 6.30. The molecule has 3 heterocycles. The molecule has 0 saturated carbocycles. The van der Waals surface area contributed by atoms with E-state index in [2.05, 4.69) is 22.3 Å². The zero-order chi connectivity index (χ0) is 23.5. The van der Waals surface area contributed by atoms with Crippen molar-refractivity contribution >= 4 is 23.4 Å². The minimum absolute atomic E-state index is 0.150. The van der Waals surface area contributed by atoms with E-state index in [4.69, 9.17) is 16.3 Å². The van der Waals surface area contributed by atoms with E-state index >= 15 is 0 Å². The van der Waals surface area contributed by atoms with Crippen LogP contribution in [0.25, 0.3) is 0 Å². The summed E-state index contributed by atoms with van der Waals surface area (Å²) >= 11 is 6.36. The number of carbonyl (C=O) groups excluding carboxylic acids is 1. The SMILES string of the molecule is O=C(OCc1ccccc1)N1CCC(C(O)CN2CC3(CCNCC3)c3ccc(Cl)cc32)CC1. The second kappa shape index (κ2) is 10.1. The Labute approximate surface area is 206 Å². The molecule has 1 spiro atoms. The van der Waals surface area contributed by atoms with E-state index in [-0.39, 0.29) is 24.0 Å². The summed E-state index contributed by atoms with van der Waals surface area (Å²) in [5.74, 6) is 0.172. The van der Waals surface area contributed by atoms with Gasteiger partial charge in [0, 0.05) is 42.3 Å². The lowest BCUT2D eigenvalue weighted by Crippen LogP contribution is -2.46. The molecular formula is C27H34ClN3O3. The number of amides is 1. The number of ether oxygens (including phenoxy) is 1. The van der Waals surface area contributed by atoms with Crippen molar-refractivity contribution in [3.8, 4) is 0 Å². The number of aliphatic hydroxyl groups is 1. The van der Waals surface area contributed by atoms with Crippen molar-refractivity contribution in [3.05, 3.63) is 64.7 Å². The number of hydrogen-bond acceptors (Lipinski definition) is 5. The van der Waals surface area contributed by atoms with Crippen molar-refractivity contribution < 1.29 is 14.6 Å². The van der Waals surface area contributed by atoms with Crippen LogP contribution in [0.5, 0.6) is 0 Å². The number of piperidine rings is 2. The third-order valence-electron chi connectivity index (χ3n) is 7.88. The zero-order valence-electron chi connectivity index (χ0n) is 19.6. The summed E-state index contributed by atoms with van der Waals surface area (Å²) in [6.45, 7) is 5.11. The number of β-amino-alcohol motifs (C(OH)–C–C–N with tert-alkyl or cyclic N) is 1. The van der Waals surface area contributed by atoms with Crippen LogP contribution in [0, 0.1) is 5.92 Å². The summed E-state index contributed by atoms with van der Waals surface area (Å²) in [6, 6.07) is 16.0. The average Bonchev–Trinajstić information content (AvgIpc) is 3.15. The molecule has 1 amide bonds. The van der Waals surface area contributed by atoms with Gasteiger partial charge in [-0.3, -0.25) is 0 Å². The lowest BCUT2D eigenvalue weighted by Gasteiger charge is -2.37. The normalized spacial score (nSPS) is 20.9. The first-order chi connectivity index (χ1) is 16.5. The molecular weight excluding hydrogens is 450 g/mol. The number of carbonyl (C=O) groups is 1. The van der Waals surface area contributed by atoms with Gasteiger partial charge < -0.3 is 25.0 Å². The first-order valence-electron chi connectivity index (χ1n) is 12.4. The van der Waals surface area contributed by atoms with Gasteiger partial charge in [-0.25, -0.2) is 4.79 Å². The lowest BCUT2D eigenvalue weighted by molar-refractivity contribution is 0.0480. The average molecular weight is 484 g/mol. The maximum atomic E-state index is 12.5. The van der Waals surface area contributed by atoms with E-state index in [1.165, 1.54) is 11.3 Å². The van der Waals surface area contributed by atoms with Gasteiger partial charge in [0.2, 0.25) is 0 Å². The Hall–Kier alpha value is -2.28. The molecule has 2 saturated heterocycles. The molecule has 2 aromatic carbocycles. The Balaban J connectivity index is 1.16. The molecule has 6 nitrogen and oxygen atoms in total. The largest absolute Gasteiger partial charge is 0.445 e. The molecule has 2 fully saturated rings. The van der Waals surface area contributed by atoms with Crippen molar-refractivity contribution in [1.29, 1.82) is 0 Å². The van der Waals surface area contributed by atoms with E-state index in [1.807, 2.05) is 36.4 Å². The molecule has 5 rings (SSSR count). The van der Waals surface area contributed by atoms with Crippen LogP contribution in [-0.4, -0.2) is 61.5 Å². The topological polar surface area (TPSA) is 65.0 Å². The smallest absolute Gasteiger partial charge is 0.410 e. The third-order valence-corrected chi connectivity index (χ3v) is 8.12. The number of anilines is 1. The summed E-state index contributed by atoms with van der Waals surface area (Å²) in [6.07, 6.45) is 3.08. The molecule has 182 valence electrons. The Kier molecular flexibility index (Phi) is 7.00. The number of benzene rings is 2. The molecule has 34 heavy (non-hydrogen) atoms. The Bertz CT molecular complexity index is 988. The summed E-state index contributed by atoms with van der Waals surface area (Å²) in [4.78, 5) is 16.6. The van der Waals surface area contributed by atoms with Crippen LogP contribution < -0.4 is 10.2 Å². The number of nitrogens with one attached hydrogen (secondary N) is 1. The molecule has 1 unspecified atom stereocenters. The number of rotatable bonds is 5. The van der Waals surface area contributed by atoms with E-state index in [9.17, 15) is 9.90 Å². The molecule has 3 aliphatic heterocycles. The van der Waals surface area contributed by atoms with Crippen LogP contribution in [0.15, 0.2) is 48.5 Å². The molecule has 2 aromatic rings. The second-order valence-corrected chi connectivity index (χ2v) is 10.4. The highest BCUT2D eigenvalue weighted by Gasteiger charge is 2.44. The first-order valence-corrected chi connectivity index (χ1v) is 12.8. The number of likely N-dealkylation sites (tertiary alicyclic amines) is 1. The number of halogens is 1. The van der Waals surface area contributed by atoms with Crippen molar-refractivity contribution in [3.63, 3.8) is 0 Å². The van der Waals surface area contributed by atoms with E-state index in [0.29, 0.717) is 19.6 Å². The fourth-order valence-electron chi connectivity index (χ4n) is 5.90. The molecule has 2 N–H and O–H groups in total. The minimum atomic E-state index is -0.439. The van der Waals surface area contributed by atoms with Crippen molar-refractivity contribution in [2.75, 3.05) is 44.2 Å². The molecule has 3 aliphatic rings. The number of aliphatic hydroxyl groups excluding tert-OH is 1. The van der Waals surface area contributed by atoms with Gasteiger partial charge in [-0.05, 0) is 68.0 Å². The van der Waals surface area contributed by atoms with Gasteiger partial charge in [0.05, 0.1) is 6.10 Å². The van der Waals surface area contributed by atoms with Gasteiger partial charge in [-0.1, -0.05) is 48.0 Å². The van der Waals surface area contributed by atoms with Crippen LogP contribution in [-0.2, 0) is 16.8 Å². The summed E-state index contributed by atoms with van der Waals surface area (Å²) in [5.41, 5.74) is 3.69. The van der Waals surface area contributed by atoms with Gasteiger partial charge in [-0.2, -0.15) is 0 Å². The standard InChI is InChI=1S/C27H34ClN3O3/c28-22-6-7-23-24(16-22)31(19-27(23)10-12-29-13-11-27)17-25(32)21-8-14-30(15-9-21)26(33)34-18-20-4-2-1-3-5-20/h1-7,16,21,25,29,32H,8-15,17-19H2. The van der Waals surface area contributed by atoms with Crippen molar-refractivity contribution in [1.82, 2.24) is 10.2 Å². The summed E-state index contributed by atoms with van der Waals surface area (Å²) in [7, 11) is 0. The lowest BCUT2D eigenvalue weighted by atomic mass is 9.75. The monoisotopic (exact) mass is 483 g/mol. The predicted molar refractivity (Wildman–Crippen MR) is 134 cm³/mol. The van der Waals surface area contributed by atoms with Gasteiger partial charge in [-0.15, -0.1) is 0 Å². The van der Waals surface area contributed by atoms with E-state index < -0.39 is 6.10 Å². The first kappa shape index (κ1) is 23.5. The van der Waals surface area contributed by atoms with Crippen LogP contribution in [0.3, 0.4) is 0 Å². The Morgan fingerprint density at radius 3 is 2.62 bits per heavy atom. The van der Waals surface area contributed by atoms with Gasteiger partial charge in [0.25, 0.3) is 0 Å². The van der Waals surface area contributed by atoms with Crippen LogP contribution >= 0.6 is 11.6 Å². The highest BCUT2D eigenvalue weighted by Crippen LogP contribution is 2.47. The van der Waals surface area contributed by atoms with E-state index in [1.54, 1.807) is 4.90 Å². The molecule has 0 aliphatic carbocycles. The molecule has 0 aromatic heterocycles. The highest BCUT2D eigenvalue weighted by atomic mass is 35.5. The van der Waals surface area contributed by atoms with Gasteiger partial charge in [0.1, 0.15) is 6.61 Å². The fraction of sp³-hybridized carbons (Fsp3) is 0.519. The van der Waals surface area contributed by atoms with Crippen LogP contribution in [0.4, 0.5) is 10.5 Å².